The van der Waals surface area contributed by atoms with Crippen LogP contribution in [-0.4, -0.2) is 17.8 Å². The molecule has 2 rings (SSSR count). The normalized spacial score (nSPS) is 20.7. The zero-order valence-corrected chi connectivity index (χ0v) is 9.50. The molecule has 0 unspecified atom stereocenters. The van der Waals surface area contributed by atoms with Crippen molar-refractivity contribution < 1.29 is 10.8 Å². The molecule has 0 heterocycles. The van der Waals surface area contributed by atoms with Gasteiger partial charge >= 0.3 is 0 Å². The van der Waals surface area contributed by atoms with Crippen LogP contribution in [0.1, 0.15) is 24.8 Å². The van der Waals surface area contributed by atoms with Crippen LogP contribution in [0.2, 0.25) is 5.02 Å². The fraction of sp³-hybridized carbons (Fsp3) is 0.500. The minimum Gasteiger partial charge on any atom is -0.390 e. The molecule has 0 aromatic heterocycles. The van der Waals surface area contributed by atoms with E-state index in [2.05, 4.69) is 17.9 Å². The van der Waals surface area contributed by atoms with E-state index < -0.39 is 0 Å². The minimum atomic E-state index is 0.0902. The quantitative estimate of drug-likeness (QED) is 0.804. The Morgan fingerprint density at radius 3 is 2.33 bits per heavy atom. The van der Waals surface area contributed by atoms with Crippen molar-refractivity contribution in [3.8, 4) is 0 Å². The molecule has 0 saturated heterocycles. The summed E-state index contributed by atoms with van der Waals surface area (Å²) in [6.07, 6.45) is 3.49. The first-order chi connectivity index (χ1) is 7.19. The molecule has 0 radical (unpaired) electrons. The van der Waals surface area contributed by atoms with Gasteiger partial charge in [-0.05, 0) is 30.5 Å². The Bertz CT molecular complexity index is 332. The Labute approximate surface area is 95.1 Å². The van der Waals surface area contributed by atoms with Crippen molar-refractivity contribution in [1.29, 1.82) is 0 Å². The molecule has 1 atom stereocenters. The summed E-state index contributed by atoms with van der Waals surface area (Å²) in [6, 6.07) is 8.06. The van der Waals surface area contributed by atoms with Crippen LogP contribution in [0.25, 0.3) is 0 Å². The van der Waals surface area contributed by atoms with Gasteiger partial charge < -0.3 is 10.8 Å². The molecule has 1 aromatic carbocycles. The monoisotopic (exact) mass is 226 g/mol. The lowest BCUT2D eigenvalue weighted by atomic mass is 9.60. The summed E-state index contributed by atoms with van der Waals surface area (Å²) in [6.45, 7) is 0.155. The molecular weight excluding hydrogens is 210 g/mol. The lowest BCUT2D eigenvalue weighted by molar-refractivity contribution is -0.448. The number of hydrogen-bond donors (Lipinski definition) is 2. The molecule has 0 amide bonds. The minimum absolute atomic E-state index is 0.0902. The largest absolute Gasteiger partial charge is 0.390 e. The molecule has 0 aliphatic heterocycles. The molecule has 15 heavy (non-hydrogen) atoms. The van der Waals surface area contributed by atoms with Crippen LogP contribution in [0.4, 0.5) is 0 Å². The first kappa shape index (κ1) is 10.9. The fourth-order valence-electron chi connectivity index (χ4n) is 2.45. The molecule has 1 fully saturated rings. The van der Waals surface area contributed by atoms with Crippen LogP contribution in [-0.2, 0) is 5.41 Å². The van der Waals surface area contributed by atoms with Crippen molar-refractivity contribution in [3.05, 3.63) is 34.9 Å². The lowest BCUT2D eigenvalue weighted by Crippen LogP contribution is -2.73. The van der Waals surface area contributed by atoms with Gasteiger partial charge in [-0.15, -0.1) is 0 Å². The van der Waals surface area contributed by atoms with E-state index in [1.165, 1.54) is 12.0 Å². The Hall–Kier alpha value is -0.570. The third kappa shape index (κ3) is 1.78. The van der Waals surface area contributed by atoms with Gasteiger partial charge in [0.1, 0.15) is 6.04 Å². The second-order valence-electron chi connectivity index (χ2n) is 4.40. The first-order valence-corrected chi connectivity index (χ1v) is 5.77. The second kappa shape index (κ2) is 4.12. The average Bonchev–Trinajstić information content (AvgIpc) is 2.19. The van der Waals surface area contributed by atoms with Crippen LogP contribution in [0.5, 0.6) is 0 Å². The lowest BCUT2D eigenvalue weighted by Gasteiger charge is -2.44. The van der Waals surface area contributed by atoms with E-state index in [0.717, 1.165) is 17.9 Å². The summed E-state index contributed by atoms with van der Waals surface area (Å²) in [7, 11) is 0. The molecule has 4 N–H and O–H groups in total. The zero-order chi connectivity index (χ0) is 10.9. The van der Waals surface area contributed by atoms with Gasteiger partial charge in [0.05, 0.1) is 6.61 Å². The van der Waals surface area contributed by atoms with Gasteiger partial charge in [-0.3, -0.25) is 0 Å². The highest BCUT2D eigenvalue weighted by Gasteiger charge is 2.46. The van der Waals surface area contributed by atoms with Gasteiger partial charge in [0.15, 0.2) is 0 Å². The highest BCUT2D eigenvalue weighted by molar-refractivity contribution is 6.30. The molecule has 2 nitrogen and oxygen atoms in total. The summed E-state index contributed by atoms with van der Waals surface area (Å²) in [5, 5.41) is 10.0. The summed E-state index contributed by atoms with van der Waals surface area (Å²) >= 11 is 5.87. The van der Waals surface area contributed by atoms with Gasteiger partial charge in [0.25, 0.3) is 0 Å². The molecule has 0 bridgehead atoms. The van der Waals surface area contributed by atoms with Crippen LogP contribution < -0.4 is 5.73 Å². The smallest absolute Gasteiger partial charge is 0.117 e. The number of halogens is 1. The Morgan fingerprint density at radius 1 is 1.33 bits per heavy atom. The van der Waals surface area contributed by atoms with Gasteiger partial charge in [-0.25, -0.2) is 0 Å². The van der Waals surface area contributed by atoms with Crippen molar-refractivity contribution >= 4 is 11.6 Å². The highest BCUT2D eigenvalue weighted by atomic mass is 35.5. The van der Waals surface area contributed by atoms with Crippen molar-refractivity contribution in [2.75, 3.05) is 6.61 Å². The van der Waals surface area contributed by atoms with Gasteiger partial charge in [-0.2, -0.15) is 0 Å². The van der Waals surface area contributed by atoms with Crippen molar-refractivity contribution in [2.45, 2.75) is 30.7 Å². The topological polar surface area (TPSA) is 47.9 Å². The molecule has 1 saturated carbocycles. The molecular formula is C12H17ClNO+. The number of quaternary nitrogens is 1. The standard InChI is InChI=1S/C12H16ClNO/c13-10-4-2-9(3-5-10)12(6-1-7-12)11(14)8-15/h2-5,11,15H,1,6-8,14H2/p+1/t11-/m0/s1. The van der Waals surface area contributed by atoms with Gasteiger partial charge in [-0.1, -0.05) is 30.2 Å². The molecule has 1 aliphatic carbocycles. The molecule has 1 aliphatic rings. The van der Waals surface area contributed by atoms with E-state index in [1.54, 1.807) is 0 Å². The first-order valence-electron chi connectivity index (χ1n) is 5.39. The summed E-state index contributed by atoms with van der Waals surface area (Å²) in [5.74, 6) is 0. The molecule has 82 valence electrons. The van der Waals surface area contributed by atoms with E-state index >= 15 is 0 Å². The Kier molecular flexibility index (Phi) is 3.01. The van der Waals surface area contributed by atoms with Crippen LogP contribution in [0.3, 0.4) is 0 Å². The van der Waals surface area contributed by atoms with E-state index in [1.807, 2.05) is 12.1 Å². The summed E-state index contributed by atoms with van der Waals surface area (Å²) in [4.78, 5) is 0. The average molecular weight is 227 g/mol. The predicted molar refractivity (Wildman–Crippen MR) is 60.7 cm³/mol. The van der Waals surface area contributed by atoms with Crippen LogP contribution >= 0.6 is 11.6 Å². The zero-order valence-electron chi connectivity index (χ0n) is 8.75. The molecule has 0 spiro atoms. The van der Waals surface area contributed by atoms with Crippen LogP contribution in [0.15, 0.2) is 24.3 Å². The SMILES string of the molecule is [NH3+][C@@H](CO)C1(c2ccc(Cl)cc2)CCC1. The molecule has 1 aromatic rings. The van der Waals surface area contributed by atoms with E-state index in [0.29, 0.717) is 0 Å². The Morgan fingerprint density at radius 2 is 1.93 bits per heavy atom. The summed E-state index contributed by atoms with van der Waals surface area (Å²) in [5.41, 5.74) is 5.43. The third-order valence-electron chi connectivity index (χ3n) is 3.67. The maximum atomic E-state index is 9.26. The maximum Gasteiger partial charge on any atom is 0.117 e. The van der Waals surface area contributed by atoms with E-state index in [4.69, 9.17) is 11.6 Å². The number of hydrogen-bond acceptors (Lipinski definition) is 1. The summed E-state index contributed by atoms with van der Waals surface area (Å²) < 4.78 is 0. The van der Waals surface area contributed by atoms with E-state index in [9.17, 15) is 5.11 Å². The number of aliphatic hydroxyl groups is 1. The van der Waals surface area contributed by atoms with Crippen LogP contribution in [0, 0.1) is 0 Å². The van der Waals surface area contributed by atoms with Crippen molar-refractivity contribution in [1.82, 2.24) is 0 Å². The van der Waals surface area contributed by atoms with Gasteiger partial charge in [0, 0.05) is 10.4 Å². The fourth-order valence-corrected chi connectivity index (χ4v) is 2.57. The Balaban J connectivity index is 2.30. The van der Waals surface area contributed by atoms with Crippen molar-refractivity contribution in [3.63, 3.8) is 0 Å². The number of rotatable bonds is 3. The predicted octanol–water partition coefficient (Wildman–Crippen LogP) is 1.36. The van der Waals surface area contributed by atoms with Crippen molar-refractivity contribution in [2.24, 2.45) is 0 Å². The van der Waals surface area contributed by atoms with Gasteiger partial charge in [0.2, 0.25) is 0 Å². The van der Waals surface area contributed by atoms with E-state index in [-0.39, 0.29) is 18.1 Å². The highest BCUT2D eigenvalue weighted by Crippen LogP contribution is 2.45. The second-order valence-corrected chi connectivity index (χ2v) is 4.83. The number of benzene rings is 1. The third-order valence-corrected chi connectivity index (χ3v) is 3.92. The molecule has 3 heteroatoms. The maximum absolute atomic E-state index is 9.26. The number of aliphatic hydroxyl groups excluding tert-OH is 1.